The van der Waals surface area contributed by atoms with Crippen LogP contribution in [0.3, 0.4) is 0 Å². The third kappa shape index (κ3) is 3.42. The van der Waals surface area contributed by atoms with E-state index < -0.39 is 0 Å². The van der Waals surface area contributed by atoms with Gasteiger partial charge < -0.3 is 0 Å². The molecule has 0 fully saturated rings. The molecule has 0 amide bonds. The maximum Gasteiger partial charge on any atom is 0.204 e. The Bertz CT molecular complexity index is 524. The smallest absolute Gasteiger partial charge is 0.202 e. The van der Waals surface area contributed by atoms with Gasteiger partial charge in [0, 0.05) is 18.2 Å². The number of nitrogens with zero attached hydrogens (tertiary/aromatic N) is 1. The SMILES string of the molecule is C[n+]1ccccc1/C=C\C=C\c1ccccc1. The molecule has 0 aliphatic heterocycles. The van der Waals surface area contributed by atoms with Crippen molar-refractivity contribution in [2.24, 2.45) is 7.05 Å². The summed E-state index contributed by atoms with van der Waals surface area (Å²) in [6, 6.07) is 16.4. The number of rotatable bonds is 3. The highest BCUT2D eigenvalue weighted by atomic mass is 14.9. The first-order valence-electron chi connectivity index (χ1n) is 5.71. The molecule has 0 saturated heterocycles. The molecule has 0 atom stereocenters. The maximum absolute atomic E-state index is 2.10. The molecule has 17 heavy (non-hydrogen) atoms. The Morgan fingerprint density at radius 1 is 0.824 bits per heavy atom. The minimum atomic E-state index is 1.19. The minimum absolute atomic E-state index is 1.19. The van der Waals surface area contributed by atoms with Crippen molar-refractivity contribution in [1.29, 1.82) is 0 Å². The van der Waals surface area contributed by atoms with Crippen LogP contribution in [0.1, 0.15) is 11.3 Å². The summed E-state index contributed by atoms with van der Waals surface area (Å²) in [6.45, 7) is 0. The van der Waals surface area contributed by atoms with Gasteiger partial charge in [0.1, 0.15) is 7.05 Å². The van der Waals surface area contributed by atoms with E-state index in [2.05, 4.69) is 47.1 Å². The van der Waals surface area contributed by atoms with Crippen molar-refractivity contribution in [1.82, 2.24) is 0 Å². The van der Waals surface area contributed by atoms with Crippen molar-refractivity contribution < 1.29 is 4.57 Å². The summed E-state index contributed by atoms with van der Waals surface area (Å²) in [4.78, 5) is 0. The molecule has 1 heteroatoms. The van der Waals surface area contributed by atoms with Crippen LogP contribution in [0.15, 0.2) is 66.9 Å². The fraction of sp³-hybridized carbons (Fsp3) is 0.0625. The molecule has 1 heterocycles. The Labute approximate surface area is 102 Å². The van der Waals surface area contributed by atoms with Gasteiger partial charge in [-0.3, -0.25) is 0 Å². The fourth-order valence-corrected chi connectivity index (χ4v) is 1.59. The topological polar surface area (TPSA) is 3.88 Å². The van der Waals surface area contributed by atoms with Gasteiger partial charge in [-0.25, -0.2) is 4.57 Å². The van der Waals surface area contributed by atoms with Crippen molar-refractivity contribution in [2.75, 3.05) is 0 Å². The lowest BCUT2D eigenvalue weighted by Gasteiger charge is -1.91. The Balaban J connectivity index is 2.04. The average molecular weight is 222 g/mol. The number of pyridine rings is 1. The molecule has 1 aromatic heterocycles. The van der Waals surface area contributed by atoms with Crippen LogP contribution >= 0.6 is 0 Å². The van der Waals surface area contributed by atoms with Gasteiger partial charge in [0.2, 0.25) is 5.69 Å². The summed E-state index contributed by atoms with van der Waals surface area (Å²) in [5, 5.41) is 0. The summed E-state index contributed by atoms with van der Waals surface area (Å²) in [5.74, 6) is 0. The normalized spacial score (nSPS) is 11.4. The maximum atomic E-state index is 2.10. The third-order valence-corrected chi connectivity index (χ3v) is 2.56. The Morgan fingerprint density at radius 2 is 1.53 bits per heavy atom. The largest absolute Gasteiger partial charge is 0.204 e. The summed E-state index contributed by atoms with van der Waals surface area (Å²) < 4.78 is 2.09. The van der Waals surface area contributed by atoms with Gasteiger partial charge in [0.25, 0.3) is 0 Å². The van der Waals surface area contributed by atoms with Crippen LogP contribution in [-0.2, 0) is 7.05 Å². The van der Waals surface area contributed by atoms with Crippen molar-refractivity contribution in [3.63, 3.8) is 0 Å². The minimum Gasteiger partial charge on any atom is -0.202 e. The van der Waals surface area contributed by atoms with E-state index in [9.17, 15) is 0 Å². The summed E-state index contributed by atoms with van der Waals surface area (Å²) in [6.07, 6.45) is 10.4. The van der Waals surface area contributed by atoms with Gasteiger partial charge in [-0.05, 0) is 11.6 Å². The molecular weight excluding hydrogens is 206 g/mol. The van der Waals surface area contributed by atoms with E-state index in [1.807, 2.05) is 43.6 Å². The number of hydrogen-bond donors (Lipinski definition) is 0. The van der Waals surface area contributed by atoms with Gasteiger partial charge in [-0.15, -0.1) is 0 Å². The standard InChI is InChI=1S/C16H16N/c1-17-14-8-7-13-16(17)12-6-5-11-15-9-3-2-4-10-15/h2-14H,1H3/q+1/b11-5+,12-6-. The van der Waals surface area contributed by atoms with Gasteiger partial charge in [-0.1, -0.05) is 48.6 Å². The van der Waals surface area contributed by atoms with Crippen LogP contribution in [0.25, 0.3) is 12.2 Å². The molecule has 1 aromatic carbocycles. The van der Waals surface area contributed by atoms with E-state index in [0.717, 1.165) is 0 Å². The van der Waals surface area contributed by atoms with Crippen molar-refractivity contribution in [2.45, 2.75) is 0 Å². The van der Waals surface area contributed by atoms with E-state index in [1.54, 1.807) is 0 Å². The first kappa shape index (κ1) is 11.3. The van der Waals surface area contributed by atoms with E-state index in [1.165, 1.54) is 11.3 Å². The molecule has 0 N–H and O–H groups in total. The predicted molar refractivity (Wildman–Crippen MR) is 72.1 cm³/mol. The Hall–Kier alpha value is -2.15. The predicted octanol–water partition coefficient (Wildman–Crippen LogP) is 3.24. The molecule has 0 radical (unpaired) electrons. The Morgan fingerprint density at radius 3 is 2.29 bits per heavy atom. The lowest BCUT2D eigenvalue weighted by atomic mass is 10.2. The summed E-state index contributed by atoms with van der Waals surface area (Å²) >= 11 is 0. The first-order chi connectivity index (χ1) is 8.36. The second-order valence-electron chi connectivity index (χ2n) is 3.87. The number of aromatic nitrogens is 1. The van der Waals surface area contributed by atoms with Crippen LogP contribution in [0.2, 0.25) is 0 Å². The van der Waals surface area contributed by atoms with Crippen molar-refractivity contribution in [3.8, 4) is 0 Å². The highest BCUT2D eigenvalue weighted by Gasteiger charge is 1.96. The third-order valence-electron chi connectivity index (χ3n) is 2.56. The van der Waals surface area contributed by atoms with E-state index >= 15 is 0 Å². The quantitative estimate of drug-likeness (QED) is 0.554. The highest BCUT2D eigenvalue weighted by Crippen LogP contribution is 2.01. The van der Waals surface area contributed by atoms with E-state index in [0.29, 0.717) is 0 Å². The molecule has 0 aliphatic carbocycles. The van der Waals surface area contributed by atoms with Crippen molar-refractivity contribution in [3.05, 3.63) is 78.1 Å². The zero-order valence-electron chi connectivity index (χ0n) is 9.95. The van der Waals surface area contributed by atoms with Gasteiger partial charge in [0.15, 0.2) is 6.20 Å². The number of benzene rings is 1. The summed E-state index contributed by atoms with van der Waals surface area (Å²) in [7, 11) is 2.04. The molecule has 2 rings (SSSR count). The van der Waals surface area contributed by atoms with Gasteiger partial charge in [0.05, 0.1) is 0 Å². The lowest BCUT2D eigenvalue weighted by Crippen LogP contribution is -2.30. The zero-order chi connectivity index (χ0) is 11.9. The molecule has 0 saturated carbocycles. The molecular formula is C16H16N+. The molecule has 2 aromatic rings. The molecule has 0 aliphatic rings. The Kier molecular flexibility index (Phi) is 3.87. The van der Waals surface area contributed by atoms with Crippen molar-refractivity contribution >= 4 is 12.2 Å². The van der Waals surface area contributed by atoms with Gasteiger partial charge in [-0.2, -0.15) is 0 Å². The second kappa shape index (κ2) is 5.80. The van der Waals surface area contributed by atoms with Crippen LogP contribution in [0.5, 0.6) is 0 Å². The van der Waals surface area contributed by atoms with E-state index in [-0.39, 0.29) is 0 Å². The van der Waals surface area contributed by atoms with Crippen LogP contribution in [0.4, 0.5) is 0 Å². The average Bonchev–Trinajstić information content (AvgIpc) is 2.38. The lowest BCUT2D eigenvalue weighted by molar-refractivity contribution is -0.673. The highest BCUT2D eigenvalue weighted by molar-refractivity contribution is 5.54. The zero-order valence-corrected chi connectivity index (χ0v) is 9.95. The molecule has 0 bridgehead atoms. The number of hydrogen-bond acceptors (Lipinski definition) is 0. The molecule has 0 spiro atoms. The molecule has 0 unspecified atom stereocenters. The first-order valence-corrected chi connectivity index (χ1v) is 5.71. The number of aryl methyl sites for hydroxylation is 1. The number of allylic oxidation sites excluding steroid dienone is 2. The summed E-state index contributed by atoms with van der Waals surface area (Å²) in [5.41, 5.74) is 2.40. The second-order valence-corrected chi connectivity index (χ2v) is 3.87. The van der Waals surface area contributed by atoms with Gasteiger partial charge >= 0.3 is 0 Å². The van der Waals surface area contributed by atoms with Crippen LogP contribution < -0.4 is 4.57 Å². The van der Waals surface area contributed by atoms with Crippen LogP contribution in [-0.4, -0.2) is 0 Å². The van der Waals surface area contributed by atoms with E-state index in [4.69, 9.17) is 0 Å². The monoisotopic (exact) mass is 222 g/mol. The van der Waals surface area contributed by atoms with Crippen LogP contribution in [0, 0.1) is 0 Å². The molecule has 84 valence electrons. The fourth-order valence-electron chi connectivity index (χ4n) is 1.59. The molecule has 1 nitrogen and oxygen atoms in total.